The fourth-order valence-electron chi connectivity index (χ4n) is 1.52. The maximum absolute atomic E-state index is 5.81. The summed E-state index contributed by atoms with van der Waals surface area (Å²) in [6.07, 6.45) is 4.55. The average Bonchev–Trinajstić information content (AvgIpc) is 2.08. The van der Waals surface area contributed by atoms with Gasteiger partial charge in [-0.15, -0.1) is 0 Å². The van der Waals surface area contributed by atoms with E-state index in [-0.39, 0.29) is 6.04 Å². The van der Waals surface area contributed by atoms with Crippen molar-refractivity contribution >= 4 is 5.71 Å². The van der Waals surface area contributed by atoms with Gasteiger partial charge in [0.2, 0.25) is 0 Å². The van der Waals surface area contributed by atoms with Crippen LogP contribution in [0.1, 0.15) is 26.2 Å². The number of aliphatic imine (C=N–C) groups is 1. The van der Waals surface area contributed by atoms with E-state index >= 15 is 0 Å². The predicted molar refractivity (Wildman–Crippen MR) is 52.1 cm³/mol. The van der Waals surface area contributed by atoms with Gasteiger partial charge in [0.05, 0.1) is 0 Å². The number of hydrogen-bond donors (Lipinski definition) is 2. The van der Waals surface area contributed by atoms with Gasteiger partial charge in [-0.1, -0.05) is 0 Å². The van der Waals surface area contributed by atoms with Gasteiger partial charge >= 0.3 is 0 Å². The molecule has 0 aromatic heterocycles. The lowest BCUT2D eigenvalue weighted by Gasteiger charge is -2.21. The van der Waals surface area contributed by atoms with E-state index in [1.165, 1.54) is 0 Å². The molecule has 0 aromatic rings. The Labute approximate surface area is 73.5 Å². The Balaban J connectivity index is 2.70. The van der Waals surface area contributed by atoms with Gasteiger partial charge in [0, 0.05) is 18.3 Å². The standard InChI is InChI=1S/C9H17N3/c1-2-12-9-4-3-8(11)5-7(9)6-10/h6,8H,2-5,10-11H2,1H3. The molecule has 1 aliphatic carbocycles. The van der Waals surface area contributed by atoms with Crippen molar-refractivity contribution < 1.29 is 0 Å². The largest absolute Gasteiger partial charge is 0.404 e. The molecular formula is C9H17N3. The molecule has 0 bridgehead atoms. The van der Waals surface area contributed by atoms with Crippen LogP contribution in [0.4, 0.5) is 0 Å². The monoisotopic (exact) mass is 167 g/mol. The van der Waals surface area contributed by atoms with Gasteiger partial charge in [-0.2, -0.15) is 0 Å². The summed E-state index contributed by atoms with van der Waals surface area (Å²) in [6, 6.07) is 0.274. The van der Waals surface area contributed by atoms with Crippen molar-refractivity contribution in [1.82, 2.24) is 0 Å². The number of rotatable bonds is 1. The minimum atomic E-state index is 0.274. The highest BCUT2D eigenvalue weighted by Crippen LogP contribution is 2.19. The summed E-state index contributed by atoms with van der Waals surface area (Å²) in [5, 5.41) is 0. The van der Waals surface area contributed by atoms with Crippen molar-refractivity contribution in [3.8, 4) is 0 Å². The maximum atomic E-state index is 5.81. The van der Waals surface area contributed by atoms with Crippen LogP contribution in [0, 0.1) is 0 Å². The third kappa shape index (κ3) is 2.08. The topological polar surface area (TPSA) is 64.4 Å². The Morgan fingerprint density at radius 3 is 3.00 bits per heavy atom. The van der Waals surface area contributed by atoms with Crippen molar-refractivity contribution in [3.63, 3.8) is 0 Å². The summed E-state index contributed by atoms with van der Waals surface area (Å²) in [4.78, 5) is 4.38. The van der Waals surface area contributed by atoms with Gasteiger partial charge < -0.3 is 11.5 Å². The lowest BCUT2D eigenvalue weighted by Crippen LogP contribution is -2.29. The Bertz CT molecular complexity index is 206. The van der Waals surface area contributed by atoms with Crippen LogP contribution < -0.4 is 11.5 Å². The summed E-state index contributed by atoms with van der Waals surface area (Å²) in [5.41, 5.74) is 13.6. The third-order valence-electron chi connectivity index (χ3n) is 2.15. The first-order chi connectivity index (χ1) is 5.77. The highest BCUT2D eigenvalue weighted by Gasteiger charge is 2.17. The van der Waals surface area contributed by atoms with Crippen LogP contribution in [-0.2, 0) is 0 Å². The molecule has 1 atom stereocenters. The molecule has 1 aliphatic rings. The van der Waals surface area contributed by atoms with Crippen molar-refractivity contribution in [3.05, 3.63) is 11.8 Å². The Morgan fingerprint density at radius 2 is 2.42 bits per heavy atom. The van der Waals surface area contributed by atoms with E-state index in [0.717, 1.165) is 37.1 Å². The second kappa shape index (κ2) is 4.26. The van der Waals surface area contributed by atoms with Crippen molar-refractivity contribution in [2.45, 2.75) is 32.2 Å². The summed E-state index contributed by atoms with van der Waals surface area (Å²) in [6.45, 7) is 2.87. The van der Waals surface area contributed by atoms with Crippen LogP contribution in [0.25, 0.3) is 0 Å². The lowest BCUT2D eigenvalue weighted by molar-refractivity contribution is 0.605. The second-order valence-electron chi connectivity index (χ2n) is 3.12. The molecule has 0 aromatic carbocycles. The summed E-state index contributed by atoms with van der Waals surface area (Å²) in [7, 11) is 0. The molecule has 0 amide bonds. The van der Waals surface area contributed by atoms with Crippen LogP contribution in [0.2, 0.25) is 0 Å². The first-order valence-corrected chi connectivity index (χ1v) is 4.48. The third-order valence-corrected chi connectivity index (χ3v) is 2.15. The number of nitrogens with two attached hydrogens (primary N) is 2. The van der Waals surface area contributed by atoms with Crippen LogP contribution in [0.3, 0.4) is 0 Å². The second-order valence-corrected chi connectivity index (χ2v) is 3.12. The van der Waals surface area contributed by atoms with E-state index < -0.39 is 0 Å². The molecule has 12 heavy (non-hydrogen) atoms. The SMILES string of the molecule is CCN=C1CCC(N)CC1=CN. The smallest absolute Gasteiger partial charge is 0.0395 e. The first kappa shape index (κ1) is 9.26. The van der Waals surface area contributed by atoms with E-state index in [0.29, 0.717) is 0 Å². The van der Waals surface area contributed by atoms with E-state index in [2.05, 4.69) is 4.99 Å². The average molecular weight is 167 g/mol. The van der Waals surface area contributed by atoms with Crippen LogP contribution in [-0.4, -0.2) is 18.3 Å². The molecule has 1 fully saturated rings. The molecular weight excluding hydrogens is 150 g/mol. The summed E-state index contributed by atoms with van der Waals surface area (Å²) < 4.78 is 0. The minimum Gasteiger partial charge on any atom is -0.404 e. The van der Waals surface area contributed by atoms with Crippen LogP contribution in [0.15, 0.2) is 16.8 Å². The predicted octanol–water partition coefficient (Wildman–Crippen LogP) is 0.801. The van der Waals surface area contributed by atoms with Gasteiger partial charge in [0.1, 0.15) is 0 Å². The van der Waals surface area contributed by atoms with Crippen LogP contribution in [0.5, 0.6) is 0 Å². The van der Waals surface area contributed by atoms with Gasteiger partial charge in [0.15, 0.2) is 0 Å². The molecule has 1 rings (SSSR count). The Kier molecular flexibility index (Phi) is 3.29. The molecule has 0 saturated heterocycles. The lowest BCUT2D eigenvalue weighted by atomic mass is 9.90. The van der Waals surface area contributed by atoms with Gasteiger partial charge in [-0.3, -0.25) is 4.99 Å². The van der Waals surface area contributed by atoms with Crippen molar-refractivity contribution in [2.75, 3.05) is 6.54 Å². The zero-order valence-electron chi connectivity index (χ0n) is 7.59. The van der Waals surface area contributed by atoms with Gasteiger partial charge in [-0.25, -0.2) is 0 Å². The molecule has 1 unspecified atom stereocenters. The molecule has 4 N–H and O–H groups in total. The molecule has 3 heteroatoms. The molecule has 68 valence electrons. The summed E-state index contributed by atoms with van der Waals surface area (Å²) in [5.74, 6) is 0. The molecule has 0 spiro atoms. The molecule has 0 radical (unpaired) electrons. The summed E-state index contributed by atoms with van der Waals surface area (Å²) >= 11 is 0. The Hall–Kier alpha value is -0.830. The molecule has 0 aliphatic heterocycles. The molecule has 1 saturated carbocycles. The zero-order valence-corrected chi connectivity index (χ0v) is 7.59. The van der Waals surface area contributed by atoms with E-state index in [9.17, 15) is 0 Å². The first-order valence-electron chi connectivity index (χ1n) is 4.48. The van der Waals surface area contributed by atoms with E-state index in [1.807, 2.05) is 6.92 Å². The highest BCUT2D eigenvalue weighted by molar-refractivity contribution is 6.00. The zero-order chi connectivity index (χ0) is 8.97. The fourth-order valence-corrected chi connectivity index (χ4v) is 1.52. The van der Waals surface area contributed by atoms with E-state index in [1.54, 1.807) is 6.20 Å². The number of hydrogen-bond acceptors (Lipinski definition) is 3. The number of nitrogens with zero attached hydrogens (tertiary/aromatic N) is 1. The quantitative estimate of drug-likeness (QED) is 0.606. The van der Waals surface area contributed by atoms with Gasteiger partial charge in [-0.05, 0) is 38.0 Å². The van der Waals surface area contributed by atoms with E-state index in [4.69, 9.17) is 11.5 Å². The van der Waals surface area contributed by atoms with Crippen LogP contribution >= 0.6 is 0 Å². The van der Waals surface area contributed by atoms with Crippen molar-refractivity contribution in [1.29, 1.82) is 0 Å². The highest BCUT2D eigenvalue weighted by atomic mass is 14.7. The Morgan fingerprint density at radius 1 is 1.67 bits per heavy atom. The fraction of sp³-hybridized carbons (Fsp3) is 0.667. The molecule has 3 nitrogen and oxygen atoms in total. The van der Waals surface area contributed by atoms with Crippen molar-refractivity contribution in [2.24, 2.45) is 16.5 Å². The van der Waals surface area contributed by atoms with Gasteiger partial charge in [0.25, 0.3) is 0 Å². The molecule has 0 heterocycles. The minimum absolute atomic E-state index is 0.274. The normalized spacial score (nSPS) is 31.3. The maximum Gasteiger partial charge on any atom is 0.0395 e.